The van der Waals surface area contributed by atoms with Crippen LogP contribution in [0.1, 0.15) is 25.7 Å². The summed E-state index contributed by atoms with van der Waals surface area (Å²) >= 11 is 1.88. The molecular formula is C16H27N5O5S. The monoisotopic (exact) mass is 401 g/mol. The lowest BCUT2D eigenvalue weighted by atomic mass is 10.0. The van der Waals surface area contributed by atoms with Crippen LogP contribution in [-0.4, -0.2) is 74.7 Å². The van der Waals surface area contributed by atoms with Crippen molar-refractivity contribution in [3.63, 3.8) is 0 Å². The summed E-state index contributed by atoms with van der Waals surface area (Å²) in [6.45, 7) is 2.05. The molecule has 2 fully saturated rings. The number of ether oxygens (including phenoxy) is 3. The van der Waals surface area contributed by atoms with Gasteiger partial charge in [0.1, 0.15) is 6.61 Å². The Morgan fingerprint density at radius 2 is 1.96 bits per heavy atom. The van der Waals surface area contributed by atoms with Crippen molar-refractivity contribution in [3.8, 4) is 0 Å². The largest absolute Gasteiger partial charge is 0.463 e. The molecule has 27 heavy (non-hydrogen) atoms. The van der Waals surface area contributed by atoms with Gasteiger partial charge in [-0.05, 0) is 18.4 Å². The number of hydrogen-bond donors (Lipinski definition) is 2. The average molecular weight is 401 g/mol. The average Bonchev–Trinajstić information content (AvgIpc) is 3.20. The molecule has 0 radical (unpaired) electrons. The Labute approximate surface area is 162 Å². The molecule has 11 heteroatoms. The van der Waals surface area contributed by atoms with Crippen LogP contribution in [0.5, 0.6) is 0 Å². The first-order chi connectivity index (χ1) is 13.2. The predicted molar refractivity (Wildman–Crippen MR) is 101 cm³/mol. The first-order valence-electron chi connectivity index (χ1n) is 9.21. The molecule has 0 aliphatic carbocycles. The van der Waals surface area contributed by atoms with Gasteiger partial charge >= 0.3 is 12.0 Å². The van der Waals surface area contributed by atoms with Gasteiger partial charge in [0.15, 0.2) is 0 Å². The number of urea groups is 1. The van der Waals surface area contributed by atoms with Crippen molar-refractivity contribution in [2.24, 2.45) is 5.11 Å². The molecule has 2 rings (SSSR count). The fourth-order valence-electron chi connectivity index (χ4n) is 3.02. The van der Waals surface area contributed by atoms with Gasteiger partial charge in [-0.1, -0.05) is 11.5 Å². The number of fused-ring (bicyclic) bond motifs is 1. The topological polar surface area (TPSA) is 135 Å². The first kappa shape index (κ1) is 21.6. The highest BCUT2D eigenvalue weighted by Gasteiger charge is 2.42. The number of amides is 2. The number of nitrogens with zero attached hydrogens (tertiary/aromatic N) is 3. The molecule has 0 aromatic carbocycles. The van der Waals surface area contributed by atoms with Crippen LogP contribution in [0.4, 0.5) is 4.79 Å². The zero-order chi connectivity index (χ0) is 19.3. The van der Waals surface area contributed by atoms with Crippen molar-refractivity contribution < 1.29 is 23.8 Å². The van der Waals surface area contributed by atoms with Crippen molar-refractivity contribution in [2.75, 3.05) is 45.3 Å². The Kier molecular flexibility index (Phi) is 10.1. The molecule has 0 bridgehead atoms. The molecule has 0 unspecified atom stereocenters. The van der Waals surface area contributed by atoms with Crippen LogP contribution in [0.2, 0.25) is 0 Å². The van der Waals surface area contributed by atoms with Crippen LogP contribution in [0.25, 0.3) is 10.4 Å². The van der Waals surface area contributed by atoms with E-state index in [-0.39, 0.29) is 30.7 Å². The number of hydrogen-bond acceptors (Lipinski definition) is 7. The third kappa shape index (κ3) is 8.25. The van der Waals surface area contributed by atoms with E-state index in [1.54, 1.807) is 0 Å². The maximum Gasteiger partial charge on any atom is 0.315 e. The van der Waals surface area contributed by atoms with Crippen molar-refractivity contribution in [3.05, 3.63) is 10.4 Å². The summed E-state index contributed by atoms with van der Waals surface area (Å²) in [5, 5.41) is 9.67. The zero-order valence-electron chi connectivity index (χ0n) is 15.3. The van der Waals surface area contributed by atoms with E-state index in [9.17, 15) is 9.59 Å². The van der Waals surface area contributed by atoms with Crippen LogP contribution < -0.4 is 10.6 Å². The number of nitrogens with one attached hydrogen (secondary N) is 2. The molecule has 10 nitrogen and oxygen atoms in total. The van der Waals surface area contributed by atoms with Crippen LogP contribution in [0.15, 0.2) is 5.11 Å². The van der Waals surface area contributed by atoms with Crippen molar-refractivity contribution in [1.82, 2.24) is 10.6 Å². The summed E-state index contributed by atoms with van der Waals surface area (Å²) in [6.07, 6.45) is 3.12. The molecule has 0 saturated carbocycles. The maximum absolute atomic E-state index is 11.7. The number of azide groups is 1. The zero-order valence-corrected chi connectivity index (χ0v) is 16.1. The molecule has 0 aromatic rings. The van der Waals surface area contributed by atoms with Crippen LogP contribution >= 0.6 is 11.8 Å². The van der Waals surface area contributed by atoms with E-state index < -0.39 is 0 Å². The molecular weight excluding hydrogens is 374 g/mol. The molecule has 2 amide bonds. The van der Waals surface area contributed by atoms with E-state index in [1.807, 2.05) is 11.8 Å². The minimum Gasteiger partial charge on any atom is -0.463 e. The fraction of sp³-hybridized carbons (Fsp3) is 0.875. The number of rotatable bonds is 14. The molecule has 3 atom stereocenters. The second-order valence-electron chi connectivity index (χ2n) is 6.27. The summed E-state index contributed by atoms with van der Waals surface area (Å²) in [5.41, 5.74) is 8.09. The highest BCUT2D eigenvalue weighted by Crippen LogP contribution is 2.33. The second kappa shape index (κ2) is 12.7. The van der Waals surface area contributed by atoms with E-state index in [0.717, 1.165) is 25.0 Å². The SMILES string of the molecule is [N-]=[N+]=NCCOCCOCCOC(=O)CCCC[C@@H]1SC[C@@H]2NC(=O)N[C@@H]21. The molecule has 2 saturated heterocycles. The van der Waals surface area contributed by atoms with Gasteiger partial charge in [0.2, 0.25) is 0 Å². The van der Waals surface area contributed by atoms with Crippen LogP contribution in [0.3, 0.4) is 0 Å². The molecule has 2 aliphatic rings. The van der Waals surface area contributed by atoms with Gasteiger partial charge in [-0.25, -0.2) is 4.79 Å². The van der Waals surface area contributed by atoms with Crippen molar-refractivity contribution in [1.29, 1.82) is 0 Å². The maximum atomic E-state index is 11.7. The van der Waals surface area contributed by atoms with Crippen LogP contribution in [0, 0.1) is 0 Å². The Morgan fingerprint density at radius 3 is 2.78 bits per heavy atom. The number of carbonyl (C=O) groups excluding carboxylic acids is 2. The van der Waals surface area contributed by atoms with Crippen molar-refractivity contribution >= 4 is 23.8 Å². The fourth-order valence-corrected chi connectivity index (χ4v) is 4.56. The van der Waals surface area contributed by atoms with Gasteiger partial charge in [0.25, 0.3) is 0 Å². The Morgan fingerprint density at radius 1 is 1.19 bits per heavy atom. The summed E-state index contributed by atoms with van der Waals surface area (Å²) in [4.78, 5) is 25.6. The first-order valence-corrected chi connectivity index (χ1v) is 10.3. The standard InChI is InChI=1S/C16H27N5O5S/c17-21-18-5-6-24-7-8-25-9-10-26-14(22)4-2-1-3-13-15-12(11-27-13)19-16(23)20-15/h12-13,15H,1-11H2,(H2,19,20,23)/t12-,13-,15-/m0/s1. The number of thioether (sulfide) groups is 1. The highest BCUT2D eigenvalue weighted by molar-refractivity contribution is 8.00. The Hall–Kier alpha value is -1.68. The number of unbranched alkanes of at least 4 members (excludes halogenated alkanes) is 1. The third-order valence-corrected chi connectivity index (χ3v) is 5.83. The lowest BCUT2D eigenvalue weighted by molar-refractivity contribution is -0.145. The molecule has 2 aliphatic heterocycles. The predicted octanol–water partition coefficient (Wildman–Crippen LogP) is 1.60. The van der Waals surface area contributed by atoms with Gasteiger partial charge < -0.3 is 24.8 Å². The normalized spacial score (nSPS) is 23.3. The smallest absolute Gasteiger partial charge is 0.315 e. The summed E-state index contributed by atoms with van der Waals surface area (Å²) < 4.78 is 15.6. The van der Waals surface area contributed by atoms with E-state index in [1.165, 1.54) is 0 Å². The summed E-state index contributed by atoms with van der Waals surface area (Å²) in [5.74, 6) is 0.742. The molecule has 0 aromatic heterocycles. The molecule has 152 valence electrons. The van der Waals surface area contributed by atoms with Gasteiger partial charge in [-0.2, -0.15) is 11.8 Å². The van der Waals surface area contributed by atoms with Crippen molar-refractivity contribution in [2.45, 2.75) is 43.0 Å². The highest BCUT2D eigenvalue weighted by atomic mass is 32.2. The van der Waals surface area contributed by atoms with E-state index >= 15 is 0 Å². The second-order valence-corrected chi connectivity index (χ2v) is 7.54. The van der Waals surface area contributed by atoms with E-state index in [4.69, 9.17) is 19.7 Å². The number of carbonyl (C=O) groups is 2. The van der Waals surface area contributed by atoms with Crippen LogP contribution in [-0.2, 0) is 19.0 Å². The summed E-state index contributed by atoms with van der Waals surface area (Å²) in [7, 11) is 0. The lowest BCUT2D eigenvalue weighted by Gasteiger charge is -2.16. The van der Waals surface area contributed by atoms with Gasteiger partial charge in [0, 0.05) is 28.9 Å². The number of esters is 1. The lowest BCUT2D eigenvalue weighted by Crippen LogP contribution is -2.36. The Balaban J connectivity index is 1.38. The minimum atomic E-state index is -0.211. The quantitative estimate of drug-likeness (QED) is 0.113. The molecule has 2 N–H and O–H groups in total. The van der Waals surface area contributed by atoms with Gasteiger partial charge in [0.05, 0.1) is 38.5 Å². The third-order valence-electron chi connectivity index (χ3n) is 4.32. The molecule has 0 spiro atoms. The van der Waals surface area contributed by atoms with E-state index in [0.29, 0.717) is 44.6 Å². The van der Waals surface area contributed by atoms with Gasteiger partial charge in [-0.15, -0.1) is 0 Å². The Bertz CT molecular complexity index is 531. The summed E-state index contributed by atoms with van der Waals surface area (Å²) in [6, 6.07) is 0.393. The molecule has 2 heterocycles. The minimum absolute atomic E-state index is 0.0687. The van der Waals surface area contributed by atoms with E-state index in [2.05, 4.69) is 20.7 Å². The van der Waals surface area contributed by atoms with Gasteiger partial charge in [-0.3, -0.25) is 4.79 Å².